The Kier molecular flexibility index (Phi) is 12.0. The van der Waals surface area contributed by atoms with E-state index in [2.05, 4.69) is 27.5 Å². The predicted octanol–water partition coefficient (Wildman–Crippen LogP) is 1.80. The highest BCUT2D eigenvalue weighted by molar-refractivity contribution is 14.0. The number of guanidine groups is 1. The molecule has 2 N–H and O–H groups in total. The second kappa shape index (κ2) is 12.6. The number of nitrogens with one attached hydrogen (secondary N) is 2. The van der Waals surface area contributed by atoms with Crippen LogP contribution >= 0.6 is 24.0 Å². The lowest BCUT2D eigenvalue weighted by molar-refractivity contribution is 0.143. The first-order chi connectivity index (χ1) is 9.80. The molecule has 1 heterocycles. The summed E-state index contributed by atoms with van der Waals surface area (Å²) in [7, 11) is 3.40. The average Bonchev–Trinajstić information content (AvgIpc) is 2.49. The Labute approximate surface area is 143 Å². The van der Waals surface area contributed by atoms with Gasteiger partial charge < -0.3 is 20.1 Å². The van der Waals surface area contributed by atoms with Crippen molar-refractivity contribution < 1.29 is 9.47 Å². The van der Waals surface area contributed by atoms with Crippen LogP contribution in [-0.4, -0.2) is 44.9 Å². The highest BCUT2D eigenvalue weighted by Crippen LogP contribution is 2.07. The van der Waals surface area contributed by atoms with E-state index in [1.54, 1.807) is 20.4 Å². The number of aliphatic imine (C=N–C) groups is 1. The van der Waals surface area contributed by atoms with Gasteiger partial charge in [0.25, 0.3) is 0 Å². The van der Waals surface area contributed by atoms with Crippen molar-refractivity contribution in [3.05, 3.63) is 23.9 Å². The van der Waals surface area contributed by atoms with Crippen LogP contribution in [0.3, 0.4) is 0 Å². The molecular formula is C14H25IN4O2. The van der Waals surface area contributed by atoms with E-state index in [4.69, 9.17) is 9.47 Å². The van der Waals surface area contributed by atoms with Crippen LogP contribution in [-0.2, 0) is 11.3 Å². The third-order valence-electron chi connectivity index (χ3n) is 2.56. The van der Waals surface area contributed by atoms with Gasteiger partial charge in [0.2, 0.25) is 5.88 Å². The minimum absolute atomic E-state index is 0. The molecule has 0 atom stereocenters. The van der Waals surface area contributed by atoms with Crippen LogP contribution in [0, 0.1) is 0 Å². The summed E-state index contributed by atoms with van der Waals surface area (Å²) in [5.74, 6) is 1.41. The number of pyridine rings is 1. The maximum absolute atomic E-state index is 5.41. The molecule has 0 fully saturated rings. The summed E-state index contributed by atoms with van der Waals surface area (Å²) >= 11 is 0. The summed E-state index contributed by atoms with van der Waals surface area (Å²) in [6.07, 6.45) is 2.86. The van der Waals surface area contributed by atoms with Crippen molar-refractivity contribution in [1.82, 2.24) is 15.6 Å². The predicted molar refractivity (Wildman–Crippen MR) is 95.5 cm³/mol. The van der Waals surface area contributed by atoms with Crippen molar-refractivity contribution in [1.29, 1.82) is 0 Å². The highest BCUT2D eigenvalue weighted by atomic mass is 127. The monoisotopic (exact) mass is 408 g/mol. The zero-order chi connectivity index (χ0) is 14.6. The molecule has 0 saturated carbocycles. The van der Waals surface area contributed by atoms with E-state index >= 15 is 0 Å². The molecule has 0 aliphatic heterocycles. The summed E-state index contributed by atoms with van der Waals surface area (Å²) in [5, 5.41) is 6.45. The molecule has 0 saturated heterocycles. The van der Waals surface area contributed by atoms with E-state index in [9.17, 15) is 0 Å². The van der Waals surface area contributed by atoms with Crippen LogP contribution in [0.2, 0.25) is 0 Å². The Morgan fingerprint density at radius 3 is 2.67 bits per heavy atom. The van der Waals surface area contributed by atoms with Crippen molar-refractivity contribution in [2.45, 2.75) is 19.9 Å². The van der Waals surface area contributed by atoms with E-state index in [1.807, 2.05) is 12.1 Å². The number of nitrogens with zero attached hydrogens (tertiary/aromatic N) is 2. The Hall–Kier alpha value is -1.09. The largest absolute Gasteiger partial charge is 0.475 e. The third kappa shape index (κ3) is 8.71. The molecule has 0 aromatic carbocycles. The van der Waals surface area contributed by atoms with E-state index in [-0.39, 0.29) is 24.0 Å². The molecule has 120 valence electrons. The van der Waals surface area contributed by atoms with Crippen LogP contribution in [0.25, 0.3) is 0 Å². The van der Waals surface area contributed by atoms with Crippen LogP contribution < -0.4 is 15.4 Å². The summed E-state index contributed by atoms with van der Waals surface area (Å²) in [6, 6.07) is 3.84. The van der Waals surface area contributed by atoms with Crippen molar-refractivity contribution in [3.8, 4) is 5.88 Å². The molecule has 0 bridgehead atoms. The summed E-state index contributed by atoms with van der Waals surface area (Å²) in [4.78, 5) is 8.38. The number of halogens is 1. The molecule has 0 aliphatic carbocycles. The summed E-state index contributed by atoms with van der Waals surface area (Å²) in [6.45, 7) is 4.77. The van der Waals surface area contributed by atoms with Crippen LogP contribution in [0.4, 0.5) is 0 Å². The van der Waals surface area contributed by atoms with E-state index in [1.165, 1.54) is 0 Å². The van der Waals surface area contributed by atoms with E-state index < -0.39 is 0 Å². The lowest BCUT2D eigenvalue weighted by atomic mass is 10.3. The lowest BCUT2D eigenvalue weighted by Crippen LogP contribution is -2.37. The smallest absolute Gasteiger partial charge is 0.213 e. The molecule has 0 amide bonds. The molecule has 0 unspecified atom stereocenters. The fourth-order valence-corrected chi connectivity index (χ4v) is 1.48. The first-order valence-corrected chi connectivity index (χ1v) is 6.81. The number of aromatic nitrogens is 1. The first-order valence-electron chi connectivity index (χ1n) is 6.81. The number of hydrogen-bond acceptors (Lipinski definition) is 4. The minimum atomic E-state index is 0. The topological polar surface area (TPSA) is 67.8 Å². The Balaban J connectivity index is 0.00000400. The molecule has 1 aromatic rings. The summed E-state index contributed by atoms with van der Waals surface area (Å²) < 4.78 is 10.3. The van der Waals surface area contributed by atoms with Gasteiger partial charge in [-0.05, 0) is 12.0 Å². The molecule has 6 nitrogen and oxygen atoms in total. The van der Waals surface area contributed by atoms with Crippen LogP contribution in [0.15, 0.2) is 23.3 Å². The molecule has 1 rings (SSSR count). The van der Waals surface area contributed by atoms with Crippen molar-refractivity contribution in [3.63, 3.8) is 0 Å². The maximum atomic E-state index is 5.41. The Morgan fingerprint density at radius 1 is 1.29 bits per heavy atom. The standard InChI is InChI=1S/C14H24N4O2.HI/c1-4-7-16-14(15-2)18-11-12-5-6-13(17-10-12)20-9-8-19-3;/h5-6,10H,4,7-9,11H2,1-3H3,(H2,15,16,18);1H. The molecular weight excluding hydrogens is 383 g/mol. The lowest BCUT2D eigenvalue weighted by Gasteiger charge is -2.11. The van der Waals surface area contributed by atoms with Gasteiger partial charge in [0.05, 0.1) is 6.61 Å². The quantitative estimate of drug-likeness (QED) is 0.297. The minimum Gasteiger partial charge on any atom is -0.475 e. The van der Waals surface area contributed by atoms with Crippen molar-refractivity contribution >= 4 is 29.9 Å². The molecule has 0 aliphatic rings. The number of methoxy groups -OCH3 is 1. The maximum Gasteiger partial charge on any atom is 0.213 e. The third-order valence-corrected chi connectivity index (χ3v) is 2.56. The summed E-state index contributed by atoms with van der Waals surface area (Å²) in [5.41, 5.74) is 1.07. The Bertz CT molecular complexity index is 398. The van der Waals surface area contributed by atoms with Gasteiger partial charge in [-0.25, -0.2) is 4.98 Å². The average molecular weight is 408 g/mol. The fourth-order valence-electron chi connectivity index (χ4n) is 1.48. The molecule has 0 spiro atoms. The second-order valence-corrected chi connectivity index (χ2v) is 4.20. The zero-order valence-corrected chi connectivity index (χ0v) is 15.2. The van der Waals surface area contributed by atoms with Gasteiger partial charge in [-0.2, -0.15) is 0 Å². The van der Waals surface area contributed by atoms with Gasteiger partial charge in [-0.3, -0.25) is 4.99 Å². The van der Waals surface area contributed by atoms with Crippen LogP contribution in [0.1, 0.15) is 18.9 Å². The fraction of sp³-hybridized carbons (Fsp3) is 0.571. The first kappa shape index (κ1) is 19.9. The van der Waals surface area contributed by atoms with E-state index in [0.717, 1.165) is 24.5 Å². The number of ether oxygens (including phenoxy) is 2. The molecule has 7 heteroatoms. The Morgan fingerprint density at radius 2 is 2.10 bits per heavy atom. The van der Waals surface area contributed by atoms with Gasteiger partial charge >= 0.3 is 0 Å². The van der Waals surface area contributed by atoms with Gasteiger partial charge in [-0.15, -0.1) is 24.0 Å². The van der Waals surface area contributed by atoms with Gasteiger partial charge in [0.1, 0.15) is 6.61 Å². The molecule has 0 radical (unpaired) electrons. The van der Waals surface area contributed by atoms with Gasteiger partial charge in [0, 0.05) is 39.5 Å². The number of hydrogen-bond donors (Lipinski definition) is 2. The van der Waals surface area contributed by atoms with Crippen molar-refractivity contribution in [2.24, 2.45) is 4.99 Å². The van der Waals surface area contributed by atoms with Crippen LogP contribution in [0.5, 0.6) is 5.88 Å². The SMILES string of the molecule is CCCNC(=NC)NCc1ccc(OCCOC)nc1.I. The second-order valence-electron chi connectivity index (χ2n) is 4.20. The number of rotatable bonds is 8. The highest BCUT2D eigenvalue weighted by Gasteiger charge is 1.99. The molecule has 21 heavy (non-hydrogen) atoms. The molecule has 1 aromatic heterocycles. The normalized spacial score (nSPS) is 10.7. The van der Waals surface area contributed by atoms with E-state index in [0.29, 0.717) is 25.6 Å². The van der Waals surface area contributed by atoms with Gasteiger partial charge in [0.15, 0.2) is 5.96 Å². The van der Waals surface area contributed by atoms with Gasteiger partial charge in [-0.1, -0.05) is 13.0 Å². The van der Waals surface area contributed by atoms with Crippen molar-refractivity contribution in [2.75, 3.05) is 33.9 Å². The zero-order valence-electron chi connectivity index (χ0n) is 12.9.